The largest absolute Gasteiger partial charge is 0.322 e. The Morgan fingerprint density at radius 2 is 1.62 bits per heavy atom. The average Bonchev–Trinajstić information content (AvgIpc) is 2.70. The smallest absolute Gasteiger partial charge is 0.264 e. The van der Waals surface area contributed by atoms with Crippen molar-refractivity contribution in [1.82, 2.24) is 0 Å². The van der Waals surface area contributed by atoms with Gasteiger partial charge in [0.05, 0.1) is 21.2 Å². The molecule has 0 unspecified atom stereocenters. The number of nitrogens with zero attached hydrogens (tertiary/aromatic N) is 1. The second-order valence-electron chi connectivity index (χ2n) is 6.72. The summed E-state index contributed by atoms with van der Waals surface area (Å²) in [5.74, 6) is -0.410. The molecule has 0 aliphatic heterocycles. The average molecular weight is 429 g/mol. The van der Waals surface area contributed by atoms with Crippen LogP contribution < -0.4 is 9.62 Å². The van der Waals surface area contributed by atoms with Crippen LogP contribution in [0.3, 0.4) is 0 Å². The van der Waals surface area contributed by atoms with E-state index in [1.54, 1.807) is 36.4 Å². The molecule has 3 aromatic carbocycles. The molecule has 3 rings (SSSR count). The van der Waals surface area contributed by atoms with Gasteiger partial charge >= 0.3 is 0 Å². The molecule has 1 N–H and O–H groups in total. The van der Waals surface area contributed by atoms with E-state index in [1.165, 1.54) is 19.2 Å². The number of para-hydroxylation sites is 1. The number of aryl methyl sites for hydroxylation is 2. The fraction of sp³-hybridized carbons (Fsp3) is 0.136. The fourth-order valence-electron chi connectivity index (χ4n) is 2.79. The molecule has 0 saturated heterocycles. The Balaban J connectivity index is 1.93. The minimum absolute atomic E-state index is 0.173. The van der Waals surface area contributed by atoms with Crippen LogP contribution in [0.5, 0.6) is 0 Å². The normalized spacial score (nSPS) is 11.2. The lowest BCUT2D eigenvalue weighted by atomic mass is 10.1. The number of carbonyl (C=O) groups is 1. The van der Waals surface area contributed by atoms with Crippen molar-refractivity contribution in [3.8, 4) is 0 Å². The molecule has 0 bridgehead atoms. The van der Waals surface area contributed by atoms with Crippen LogP contribution in [0.2, 0.25) is 5.02 Å². The van der Waals surface area contributed by atoms with Crippen LogP contribution in [-0.2, 0) is 10.0 Å². The van der Waals surface area contributed by atoms with E-state index in [0.29, 0.717) is 11.4 Å². The third-order valence-corrected chi connectivity index (χ3v) is 6.76. The Kier molecular flexibility index (Phi) is 5.96. The third kappa shape index (κ3) is 4.44. The number of hydrogen-bond acceptors (Lipinski definition) is 3. The summed E-state index contributed by atoms with van der Waals surface area (Å²) in [5.41, 5.74) is 3.07. The molecule has 0 radical (unpaired) electrons. The predicted molar refractivity (Wildman–Crippen MR) is 117 cm³/mol. The van der Waals surface area contributed by atoms with Gasteiger partial charge in [-0.3, -0.25) is 9.10 Å². The van der Waals surface area contributed by atoms with Crippen molar-refractivity contribution in [3.05, 3.63) is 88.4 Å². The molecule has 0 saturated carbocycles. The number of benzene rings is 3. The lowest BCUT2D eigenvalue weighted by Crippen LogP contribution is -2.27. The van der Waals surface area contributed by atoms with E-state index in [-0.39, 0.29) is 15.5 Å². The fourth-order valence-corrected chi connectivity index (χ4v) is 4.18. The Hall–Kier alpha value is -2.83. The van der Waals surface area contributed by atoms with E-state index < -0.39 is 15.9 Å². The third-order valence-electron chi connectivity index (χ3n) is 4.63. The minimum Gasteiger partial charge on any atom is -0.322 e. The maximum absolute atomic E-state index is 12.9. The number of rotatable bonds is 5. The van der Waals surface area contributed by atoms with Gasteiger partial charge in [-0.05, 0) is 55.8 Å². The predicted octanol–water partition coefficient (Wildman–Crippen LogP) is 5.03. The van der Waals surface area contributed by atoms with Crippen LogP contribution in [0.4, 0.5) is 11.4 Å². The van der Waals surface area contributed by atoms with Crippen molar-refractivity contribution >= 4 is 38.9 Å². The molecule has 0 aromatic heterocycles. The summed E-state index contributed by atoms with van der Waals surface area (Å²) < 4.78 is 27.0. The number of halogens is 1. The van der Waals surface area contributed by atoms with E-state index in [4.69, 9.17) is 11.6 Å². The minimum atomic E-state index is -3.77. The quantitative estimate of drug-likeness (QED) is 0.619. The summed E-state index contributed by atoms with van der Waals surface area (Å²) in [4.78, 5) is 12.9. The van der Waals surface area contributed by atoms with Crippen LogP contribution in [0.1, 0.15) is 21.5 Å². The molecular weight excluding hydrogens is 408 g/mol. The summed E-state index contributed by atoms with van der Waals surface area (Å²) in [6, 6.07) is 18.5. The van der Waals surface area contributed by atoms with Gasteiger partial charge in [-0.25, -0.2) is 8.42 Å². The Labute approximate surface area is 176 Å². The first-order valence-electron chi connectivity index (χ1n) is 8.92. The van der Waals surface area contributed by atoms with Gasteiger partial charge in [0.25, 0.3) is 15.9 Å². The number of anilines is 2. The van der Waals surface area contributed by atoms with Gasteiger partial charge in [-0.1, -0.05) is 47.5 Å². The number of nitrogens with one attached hydrogen (secondary N) is 1. The summed E-state index contributed by atoms with van der Waals surface area (Å²) in [7, 11) is -2.33. The summed E-state index contributed by atoms with van der Waals surface area (Å²) in [6.07, 6.45) is 0. The highest BCUT2D eigenvalue weighted by atomic mass is 35.5. The van der Waals surface area contributed by atoms with E-state index in [2.05, 4.69) is 5.32 Å². The van der Waals surface area contributed by atoms with Gasteiger partial charge in [0.15, 0.2) is 0 Å². The standard InChI is InChI=1S/C22H21ClN2O3S/c1-15-8-11-18(12-9-15)29(27,28)25(3)17-10-13-20(23)19(14-17)22(26)24-21-7-5-4-6-16(21)2/h4-14H,1-3H3,(H,24,26). The summed E-state index contributed by atoms with van der Waals surface area (Å²) >= 11 is 6.22. The molecule has 5 nitrogen and oxygen atoms in total. The van der Waals surface area contributed by atoms with E-state index in [9.17, 15) is 13.2 Å². The van der Waals surface area contributed by atoms with Gasteiger partial charge in [0.2, 0.25) is 0 Å². The number of sulfonamides is 1. The lowest BCUT2D eigenvalue weighted by molar-refractivity contribution is 0.102. The molecule has 1 amide bonds. The highest BCUT2D eigenvalue weighted by Crippen LogP contribution is 2.28. The molecular formula is C22H21ClN2O3S. The molecule has 150 valence electrons. The van der Waals surface area contributed by atoms with Crippen LogP contribution in [0.15, 0.2) is 71.6 Å². The van der Waals surface area contributed by atoms with Crippen LogP contribution in [0.25, 0.3) is 0 Å². The topological polar surface area (TPSA) is 66.5 Å². The first kappa shape index (κ1) is 20.9. The van der Waals surface area contributed by atoms with Crippen molar-refractivity contribution in [2.75, 3.05) is 16.7 Å². The molecule has 0 aliphatic rings. The first-order chi connectivity index (χ1) is 13.7. The zero-order valence-corrected chi connectivity index (χ0v) is 17.9. The van der Waals surface area contributed by atoms with Crippen molar-refractivity contribution in [2.45, 2.75) is 18.7 Å². The Morgan fingerprint density at radius 1 is 0.966 bits per heavy atom. The maximum Gasteiger partial charge on any atom is 0.264 e. The van der Waals surface area contributed by atoms with Crippen molar-refractivity contribution < 1.29 is 13.2 Å². The van der Waals surface area contributed by atoms with Crippen molar-refractivity contribution in [3.63, 3.8) is 0 Å². The van der Waals surface area contributed by atoms with E-state index in [0.717, 1.165) is 15.4 Å². The van der Waals surface area contributed by atoms with Crippen LogP contribution >= 0.6 is 11.6 Å². The molecule has 0 fully saturated rings. The van der Waals surface area contributed by atoms with Gasteiger partial charge in [0.1, 0.15) is 0 Å². The highest BCUT2D eigenvalue weighted by molar-refractivity contribution is 7.92. The molecule has 3 aromatic rings. The molecule has 0 heterocycles. The summed E-state index contributed by atoms with van der Waals surface area (Å²) in [6.45, 7) is 3.77. The number of carbonyl (C=O) groups excluding carboxylic acids is 1. The van der Waals surface area contributed by atoms with E-state index >= 15 is 0 Å². The summed E-state index contributed by atoms with van der Waals surface area (Å²) in [5, 5.41) is 3.06. The highest BCUT2D eigenvalue weighted by Gasteiger charge is 2.23. The zero-order valence-electron chi connectivity index (χ0n) is 16.3. The molecule has 7 heteroatoms. The SMILES string of the molecule is Cc1ccc(S(=O)(=O)N(C)c2ccc(Cl)c(C(=O)Nc3ccccc3C)c2)cc1. The zero-order chi connectivity index (χ0) is 21.2. The van der Waals surface area contributed by atoms with E-state index in [1.807, 2.05) is 32.0 Å². The second kappa shape index (κ2) is 8.27. The molecule has 0 atom stereocenters. The first-order valence-corrected chi connectivity index (χ1v) is 10.7. The molecule has 29 heavy (non-hydrogen) atoms. The van der Waals surface area contributed by atoms with Gasteiger partial charge < -0.3 is 5.32 Å². The van der Waals surface area contributed by atoms with Gasteiger partial charge in [0, 0.05) is 12.7 Å². The second-order valence-corrected chi connectivity index (χ2v) is 9.10. The van der Waals surface area contributed by atoms with Crippen molar-refractivity contribution in [2.24, 2.45) is 0 Å². The lowest BCUT2D eigenvalue weighted by Gasteiger charge is -2.21. The molecule has 0 spiro atoms. The van der Waals surface area contributed by atoms with Gasteiger partial charge in [-0.2, -0.15) is 0 Å². The number of hydrogen-bond donors (Lipinski definition) is 1. The van der Waals surface area contributed by atoms with Crippen LogP contribution in [0, 0.1) is 13.8 Å². The van der Waals surface area contributed by atoms with Crippen LogP contribution in [-0.4, -0.2) is 21.4 Å². The van der Waals surface area contributed by atoms with Gasteiger partial charge in [-0.15, -0.1) is 0 Å². The Morgan fingerprint density at radius 3 is 2.28 bits per heavy atom. The van der Waals surface area contributed by atoms with Crippen molar-refractivity contribution in [1.29, 1.82) is 0 Å². The number of amides is 1. The Bertz CT molecular complexity index is 1160. The maximum atomic E-state index is 12.9. The molecule has 0 aliphatic carbocycles. The monoisotopic (exact) mass is 428 g/mol.